The highest BCUT2D eigenvalue weighted by Crippen LogP contribution is 2.47. The Hall–Kier alpha value is -12.4. The Balaban J connectivity index is 0.734. The minimum atomic E-state index is 1.11. The minimum Gasteiger partial charge on any atom is -0.309 e. The van der Waals surface area contributed by atoms with Gasteiger partial charge in [-0.2, -0.15) is 0 Å². The number of aromatic nitrogens is 2. The summed E-state index contributed by atoms with van der Waals surface area (Å²) in [6.07, 6.45) is 0. The lowest BCUT2D eigenvalue weighted by atomic mass is 9.89. The van der Waals surface area contributed by atoms with E-state index in [2.05, 4.69) is 373 Å². The largest absolute Gasteiger partial charge is 0.309 e. The van der Waals surface area contributed by atoms with Crippen molar-refractivity contribution in [1.82, 2.24) is 9.13 Å². The molecule has 100 heavy (non-hydrogen) atoms. The summed E-state index contributed by atoms with van der Waals surface area (Å²) in [7, 11) is 0. The van der Waals surface area contributed by atoms with Crippen molar-refractivity contribution in [3.8, 4) is 112 Å². The maximum absolute atomic E-state index is 2.50. The zero-order chi connectivity index (χ0) is 65.8. The molecule has 4 heteroatoms. The van der Waals surface area contributed by atoms with Crippen molar-refractivity contribution in [2.24, 2.45) is 0 Å². The van der Waals surface area contributed by atoms with E-state index in [1.165, 1.54) is 145 Å². The molecule has 0 spiro atoms. The van der Waals surface area contributed by atoms with Gasteiger partial charge < -0.3 is 9.13 Å². The van der Waals surface area contributed by atoms with Crippen LogP contribution < -0.4 is 0 Å². The van der Waals surface area contributed by atoms with E-state index in [1.54, 1.807) is 0 Å². The van der Waals surface area contributed by atoms with Gasteiger partial charge in [-0.05, 0) is 197 Å². The third-order valence-corrected chi connectivity index (χ3v) is 22.8. The lowest BCUT2D eigenvalue weighted by molar-refractivity contribution is 1.18. The molecule has 4 heterocycles. The fourth-order valence-corrected chi connectivity index (χ4v) is 18.1. The van der Waals surface area contributed by atoms with Crippen molar-refractivity contribution in [2.45, 2.75) is 0 Å². The monoisotopic (exact) mass is 1300 g/mol. The SMILES string of the molecule is c1ccc(-c2ccc3c(c2)c2cc(-c4ccccc4)ccc2n3-c2cccc(-c3ccc(-c4cccc5sc6ccccc6c45)cc3-c3cccc(-c4ccc5c6ccc(-c7ccccc7)cc6n(-c6cccc(-c7ccc(-c8cccc9sc%10ccccc%10c89)cc7)c6)c5c4)c3)c2)cc1. The van der Waals surface area contributed by atoms with Crippen molar-refractivity contribution in [3.63, 3.8) is 0 Å². The number of fused-ring (bicyclic) bond motifs is 12. The first-order valence-electron chi connectivity index (χ1n) is 34.3. The lowest BCUT2D eigenvalue weighted by Gasteiger charge is -2.17. The zero-order valence-corrected chi connectivity index (χ0v) is 56.0. The van der Waals surface area contributed by atoms with Crippen LogP contribution in [-0.2, 0) is 0 Å². The molecular formula is C96H60N2S2. The predicted octanol–water partition coefficient (Wildman–Crippen LogP) is 27.6. The predicted molar refractivity (Wildman–Crippen MR) is 430 cm³/mol. The third-order valence-electron chi connectivity index (χ3n) is 20.5. The van der Waals surface area contributed by atoms with Gasteiger partial charge in [0.1, 0.15) is 0 Å². The average molecular weight is 1310 g/mol. The fraction of sp³-hybridized carbons (Fsp3) is 0. The molecule has 20 aromatic rings. The van der Waals surface area contributed by atoms with Crippen LogP contribution in [0, 0.1) is 0 Å². The number of benzene rings is 16. The summed E-state index contributed by atoms with van der Waals surface area (Å²) in [4.78, 5) is 0. The standard InChI is InChI=1S/C96H60N2S2/c1-4-19-61(20-5-1)68-46-51-87-85(56-68)86-57-69(62-21-6-2-7-22-62)47-52-88(86)97(87)76-30-16-28-73(55-76)77-48-45-74(79-34-18-38-94-96(79)83-32-11-13-36-92(83)100-94)58-84(77)72-27-14-25-66(53-72)71-44-50-81-80-49-43-70(63-23-8-3-9-24-63)59-89(80)98(90(81)60-71)75-29-15-26-67(54-75)64-39-41-65(42-40-64)78-33-17-37-93-95(78)82-31-10-12-35-91(82)99-93/h1-60H. The van der Waals surface area contributed by atoms with E-state index < -0.39 is 0 Å². The Labute approximate surface area is 587 Å². The van der Waals surface area contributed by atoms with Gasteiger partial charge in [-0.15, -0.1) is 22.7 Å². The van der Waals surface area contributed by atoms with Gasteiger partial charge in [0.2, 0.25) is 0 Å². The molecule has 0 saturated heterocycles. The summed E-state index contributed by atoms with van der Waals surface area (Å²) in [5.41, 5.74) is 28.2. The molecule has 0 aliphatic heterocycles. The number of rotatable bonds is 11. The highest BCUT2D eigenvalue weighted by molar-refractivity contribution is 7.26. The van der Waals surface area contributed by atoms with Crippen LogP contribution in [0.2, 0.25) is 0 Å². The van der Waals surface area contributed by atoms with E-state index in [0.29, 0.717) is 0 Å². The quantitative estimate of drug-likeness (QED) is 0.122. The molecule has 466 valence electrons. The van der Waals surface area contributed by atoms with Crippen molar-refractivity contribution < 1.29 is 0 Å². The lowest BCUT2D eigenvalue weighted by Crippen LogP contribution is -1.95. The molecule has 20 rings (SSSR count). The van der Waals surface area contributed by atoms with Gasteiger partial charge in [0.25, 0.3) is 0 Å². The van der Waals surface area contributed by atoms with Crippen LogP contribution in [0.25, 0.3) is 195 Å². The molecule has 2 nitrogen and oxygen atoms in total. The summed E-state index contributed by atoms with van der Waals surface area (Å²) in [5, 5.41) is 10.1. The van der Waals surface area contributed by atoms with Gasteiger partial charge in [-0.1, -0.05) is 267 Å². The summed E-state index contributed by atoms with van der Waals surface area (Å²) in [6.45, 7) is 0. The molecule has 4 aromatic heterocycles. The maximum atomic E-state index is 2.50. The van der Waals surface area contributed by atoms with Crippen molar-refractivity contribution in [1.29, 1.82) is 0 Å². The molecule has 0 bridgehead atoms. The highest BCUT2D eigenvalue weighted by Gasteiger charge is 2.22. The molecular weight excluding hydrogens is 1250 g/mol. The van der Waals surface area contributed by atoms with Crippen LogP contribution >= 0.6 is 22.7 Å². The first-order valence-corrected chi connectivity index (χ1v) is 35.9. The van der Waals surface area contributed by atoms with E-state index in [-0.39, 0.29) is 0 Å². The maximum Gasteiger partial charge on any atom is 0.0547 e. The second kappa shape index (κ2) is 23.7. The zero-order valence-electron chi connectivity index (χ0n) is 54.4. The van der Waals surface area contributed by atoms with Gasteiger partial charge in [0.15, 0.2) is 0 Å². The number of hydrogen-bond acceptors (Lipinski definition) is 2. The van der Waals surface area contributed by atoms with Gasteiger partial charge >= 0.3 is 0 Å². The first kappa shape index (κ1) is 57.8. The number of thiophene rings is 2. The Morgan fingerprint density at radius 1 is 0.160 bits per heavy atom. The van der Waals surface area contributed by atoms with E-state index in [4.69, 9.17) is 0 Å². The van der Waals surface area contributed by atoms with Crippen LogP contribution in [0.15, 0.2) is 364 Å². The molecule has 0 N–H and O–H groups in total. The Morgan fingerprint density at radius 2 is 0.510 bits per heavy atom. The van der Waals surface area contributed by atoms with Gasteiger partial charge in [0.05, 0.1) is 22.1 Å². The summed E-state index contributed by atoms with van der Waals surface area (Å²) < 4.78 is 10.2. The highest BCUT2D eigenvalue weighted by atomic mass is 32.1. The molecule has 0 aliphatic rings. The van der Waals surface area contributed by atoms with Crippen LogP contribution in [0.1, 0.15) is 0 Å². The Kier molecular flexibility index (Phi) is 13.7. The van der Waals surface area contributed by atoms with Crippen LogP contribution in [-0.4, -0.2) is 9.13 Å². The molecule has 0 fully saturated rings. The topological polar surface area (TPSA) is 9.86 Å². The van der Waals surface area contributed by atoms with Crippen LogP contribution in [0.4, 0.5) is 0 Å². The second-order valence-electron chi connectivity index (χ2n) is 26.3. The van der Waals surface area contributed by atoms with Crippen LogP contribution in [0.5, 0.6) is 0 Å². The van der Waals surface area contributed by atoms with Crippen LogP contribution in [0.3, 0.4) is 0 Å². The molecule has 0 atom stereocenters. The van der Waals surface area contributed by atoms with Crippen molar-refractivity contribution >= 4 is 107 Å². The van der Waals surface area contributed by atoms with E-state index in [9.17, 15) is 0 Å². The third kappa shape index (κ3) is 9.74. The van der Waals surface area contributed by atoms with Gasteiger partial charge in [-0.3, -0.25) is 0 Å². The molecule has 0 unspecified atom stereocenters. The normalized spacial score (nSPS) is 11.8. The number of nitrogens with zero attached hydrogens (tertiary/aromatic N) is 2. The Bertz CT molecular complexity index is 6530. The molecule has 0 amide bonds. The van der Waals surface area contributed by atoms with E-state index in [0.717, 1.165) is 50.2 Å². The fourth-order valence-electron chi connectivity index (χ4n) is 15.8. The van der Waals surface area contributed by atoms with Gasteiger partial charge in [-0.25, -0.2) is 0 Å². The first-order chi connectivity index (χ1) is 49.5. The van der Waals surface area contributed by atoms with Crippen molar-refractivity contribution in [3.05, 3.63) is 364 Å². The van der Waals surface area contributed by atoms with Gasteiger partial charge in [0, 0.05) is 73.3 Å². The molecule has 0 radical (unpaired) electrons. The Morgan fingerprint density at radius 3 is 1.07 bits per heavy atom. The molecule has 16 aromatic carbocycles. The number of hydrogen-bond donors (Lipinski definition) is 0. The van der Waals surface area contributed by atoms with Crippen molar-refractivity contribution in [2.75, 3.05) is 0 Å². The summed E-state index contributed by atoms with van der Waals surface area (Å²) >= 11 is 3.74. The smallest absolute Gasteiger partial charge is 0.0547 e. The second-order valence-corrected chi connectivity index (χ2v) is 28.4. The minimum absolute atomic E-state index is 1.11. The summed E-state index contributed by atoms with van der Waals surface area (Å²) in [5.74, 6) is 0. The van der Waals surface area contributed by atoms with E-state index >= 15 is 0 Å². The molecule has 0 saturated carbocycles. The van der Waals surface area contributed by atoms with E-state index in [1.807, 2.05) is 22.7 Å². The average Bonchev–Trinajstić information content (AvgIpc) is 1.60. The molecule has 0 aliphatic carbocycles. The summed E-state index contributed by atoms with van der Waals surface area (Å²) in [6, 6.07) is 135.